The maximum atomic E-state index is 12.2. The number of ether oxygens (including phenoxy) is 3. The lowest BCUT2D eigenvalue weighted by molar-refractivity contribution is -0.0678. The van der Waals surface area contributed by atoms with Crippen LogP contribution in [-0.2, 0) is 9.47 Å². The van der Waals surface area contributed by atoms with Crippen molar-refractivity contribution < 1.29 is 19.0 Å². The first-order valence-electron chi connectivity index (χ1n) is 10.1. The summed E-state index contributed by atoms with van der Waals surface area (Å²) < 4.78 is 18.4. The number of hydrogen-bond acceptors (Lipinski definition) is 6. The standard InChI is InChI=1S/C20H30BrN3O4/c1-20(2,3)28-19(25)24-12-10-16(11-13-24)26-14-4-6-15(7-5-14)27-18-9-8-17(21)22-23-18/h8-9,14-16H,4-7,10-13H2,1-3H3. The molecule has 1 saturated heterocycles. The highest BCUT2D eigenvalue weighted by Crippen LogP contribution is 2.28. The van der Waals surface area contributed by atoms with Gasteiger partial charge in [0.15, 0.2) is 0 Å². The van der Waals surface area contributed by atoms with Crippen molar-refractivity contribution in [2.75, 3.05) is 13.1 Å². The number of rotatable bonds is 4. The van der Waals surface area contributed by atoms with Crippen LogP contribution in [0.1, 0.15) is 59.3 Å². The van der Waals surface area contributed by atoms with Gasteiger partial charge in [0.1, 0.15) is 16.3 Å². The molecule has 156 valence electrons. The largest absolute Gasteiger partial charge is 0.473 e. The predicted octanol–water partition coefficient (Wildman–Crippen LogP) is 4.35. The van der Waals surface area contributed by atoms with Crippen LogP contribution in [0.4, 0.5) is 4.79 Å². The average molecular weight is 456 g/mol. The first-order valence-corrected chi connectivity index (χ1v) is 10.9. The minimum absolute atomic E-state index is 0.171. The van der Waals surface area contributed by atoms with Crippen LogP contribution in [0.5, 0.6) is 5.88 Å². The first kappa shape index (κ1) is 21.3. The van der Waals surface area contributed by atoms with E-state index in [1.807, 2.05) is 32.9 Å². The third kappa shape index (κ3) is 6.58. The van der Waals surface area contributed by atoms with E-state index in [1.165, 1.54) is 0 Å². The summed E-state index contributed by atoms with van der Waals surface area (Å²) >= 11 is 3.28. The Kier molecular flexibility index (Phi) is 7.15. The molecule has 1 aliphatic heterocycles. The van der Waals surface area contributed by atoms with Gasteiger partial charge in [0.25, 0.3) is 0 Å². The summed E-state index contributed by atoms with van der Waals surface area (Å²) in [6, 6.07) is 3.67. The van der Waals surface area contributed by atoms with E-state index in [9.17, 15) is 4.79 Å². The molecular formula is C20H30BrN3O4. The van der Waals surface area contributed by atoms with Crippen molar-refractivity contribution in [2.24, 2.45) is 0 Å². The zero-order chi connectivity index (χ0) is 20.1. The fourth-order valence-electron chi connectivity index (χ4n) is 3.60. The highest BCUT2D eigenvalue weighted by Gasteiger charge is 2.30. The van der Waals surface area contributed by atoms with Gasteiger partial charge in [-0.1, -0.05) is 0 Å². The molecule has 2 fully saturated rings. The Hall–Kier alpha value is -1.41. The molecule has 7 nitrogen and oxygen atoms in total. The normalized spacial score (nSPS) is 24.1. The quantitative estimate of drug-likeness (QED) is 0.671. The number of nitrogens with zero attached hydrogens (tertiary/aromatic N) is 3. The highest BCUT2D eigenvalue weighted by atomic mass is 79.9. The molecule has 28 heavy (non-hydrogen) atoms. The van der Waals surface area contributed by atoms with E-state index in [-0.39, 0.29) is 24.4 Å². The van der Waals surface area contributed by atoms with Gasteiger partial charge in [0.2, 0.25) is 5.88 Å². The van der Waals surface area contributed by atoms with Crippen LogP contribution in [0.2, 0.25) is 0 Å². The van der Waals surface area contributed by atoms with E-state index in [4.69, 9.17) is 14.2 Å². The van der Waals surface area contributed by atoms with Crippen LogP contribution < -0.4 is 4.74 Å². The van der Waals surface area contributed by atoms with Crippen molar-refractivity contribution >= 4 is 22.0 Å². The lowest BCUT2D eigenvalue weighted by Gasteiger charge is -2.36. The van der Waals surface area contributed by atoms with Gasteiger partial charge in [0, 0.05) is 19.2 Å². The van der Waals surface area contributed by atoms with Gasteiger partial charge in [-0.15, -0.1) is 10.2 Å². The summed E-state index contributed by atoms with van der Waals surface area (Å²) in [7, 11) is 0. The van der Waals surface area contributed by atoms with Crippen molar-refractivity contribution in [1.29, 1.82) is 0 Å². The van der Waals surface area contributed by atoms with Crippen LogP contribution in [-0.4, -0.2) is 58.2 Å². The molecule has 1 aromatic heterocycles. The van der Waals surface area contributed by atoms with Crippen molar-refractivity contribution in [3.63, 3.8) is 0 Å². The number of likely N-dealkylation sites (tertiary alicyclic amines) is 1. The van der Waals surface area contributed by atoms with E-state index >= 15 is 0 Å². The summed E-state index contributed by atoms with van der Waals surface area (Å²) in [4.78, 5) is 13.9. The molecular weight excluding hydrogens is 426 g/mol. The third-order valence-corrected chi connectivity index (χ3v) is 5.42. The molecule has 2 heterocycles. The lowest BCUT2D eigenvalue weighted by Crippen LogP contribution is -2.44. The summed E-state index contributed by atoms with van der Waals surface area (Å²) in [6.45, 7) is 7.07. The Morgan fingerprint density at radius 2 is 1.61 bits per heavy atom. The van der Waals surface area contributed by atoms with E-state index in [0.29, 0.717) is 23.6 Å². The van der Waals surface area contributed by atoms with Crippen LogP contribution in [0, 0.1) is 0 Å². The summed E-state index contributed by atoms with van der Waals surface area (Å²) in [5, 5.41) is 7.99. The topological polar surface area (TPSA) is 73.8 Å². The third-order valence-electron chi connectivity index (χ3n) is 4.99. The molecule has 3 rings (SSSR count). The number of piperidine rings is 1. The van der Waals surface area contributed by atoms with Gasteiger partial charge >= 0.3 is 6.09 Å². The number of carbonyl (C=O) groups excluding carboxylic acids is 1. The van der Waals surface area contributed by atoms with Gasteiger partial charge in [-0.05, 0) is 81.3 Å². The van der Waals surface area contributed by atoms with Crippen molar-refractivity contribution in [3.8, 4) is 5.88 Å². The SMILES string of the molecule is CC(C)(C)OC(=O)N1CCC(OC2CCC(Oc3ccc(Br)nn3)CC2)CC1. The van der Waals surface area contributed by atoms with E-state index in [0.717, 1.165) is 38.5 Å². The molecule has 8 heteroatoms. The maximum Gasteiger partial charge on any atom is 0.410 e. The van der Waals surface area contributed by atoms with E-state index < -0.39 is 5.60 Å². The second-order valence-corrected chi connectivity index (χ2v) is 9.33. The number of hydrogen-bond donors (Lipinski definition) is 0. The maximum absolute atomic E-state index is 12.2. The van der Waals surface area contributed by atoms with Gasteiger partial charge in [0.05, 0.1) is 12.2 Å². The zero-order valence-corrected chi connectivity index (χ0v) is 18.5. The number of amides is 1. The van der Waals surface area contributed by atoms with E-state index in [2.05, 4.69) is 26.1 Å². The number of carbonyl (C=O) groups is 1. The van der Waals surface area contributed by atoms with Crippen LogP contribution >= 0.6 is 15.9 Å². The monoisotopic (exact) mass is 455 g/mol. The van der Waals surface area contributed by atoms with Crippen molar-refractivity contribution in [1.82, 2.24) is 15.1 Å². The predicted molar refractivity (Wildman–Crippen MR) is 108 cm³/mol. The Morgan fingerprint density at radius 3 is 2.18 bits per heavy atom. The highest BCUT2D eigenvalue weighted by molar-refractivity contribution is 9.10. The molecule has 0 bridgehead atoms. The van der Waals surface area contributed by atoms with Gasteiger partial charge in [-0.2, -0.15) is 0 Å². The van der Waals surface area contributed by atoms with Gasteiger partial charge in [-0.3, -0.25) is 0 Å². The molecule has 1 aliphatic carbocycles. The minimum atomic E-state index is -0.451. The number of aromatic nitrogens is 2. The molecule has 0 N–H and O–H groups in total. The van der Waals surface area contributed by atoms with Crippen molar-refractivity contribution in [3.05, 3.63) is 16.7 Å². The molecule has 1 aromatic rings. The fraction of sp³-hybridized carbons (Fsp3) is 0.750. The second kappa shape index (κ2) is 9.39. The smallest absolute Gasteiger partial charge is 0.410 e. The Balaban J connectivity index is 1.35. The summed E-state index contributed by atoms with van der Waals surface area (Å²) in [6.07, 6.45) is 6.06. The average Bonchev–Trinajstić information content (AvgIpc) is 2.64. The van der Waals surface area contributed by atoms with E-state index in [1.54, 1.807) is 4.90 Å². The Bertz CT molecular complexity index is 634. The van der Waals surface area contributed by atoms with Crippen LogP contribution in [0.25, 0.3) is 0 Å². The van der Waals surface area contributed by atoms with Crippen molar-refractivity contribution in [2.45, 2.75) is 83.2 Å². The zero-order valence-electron chi connectivity index (χ0n) is 16.9. The molecule has 0 radical (unpaired) electrons. The summed E-state index contributed by atoms with van der Waals surface area (Å²) in [5.41, 5.74) is -0.451. The summed E-state index contributed by atoms with van der Waals surface area (Å²) in [5.74, 6) is 0.571. The lowest BCUT2D eigenvalue weighted by atomic mass is 9.94. The van der Waals surface area contributed by atoms with Gasteiger partial charge < -0.3 is 19.1 Å². The molecule has 1 saturated carbocycles. The Labute approximate surface area is 175 Å². The van der Waals surface area contributed by atoms with Crippen LogP contribution in [0.15, 0.2) is 16.7 Å². The molecule has 0 spiro atoms. The number of halogens is 1. The first-order chi connectivity index (χ1) is 13.3. The molecule has 1 amide bonds. The second-order valence-electron chi connectivity index (χ2n) is 8.51. The molecule has 0 aromatic carbocycles. The Morgan fingerprint density at radius 1 is 1.00 bits per heavy atom. The molecule has 2 aliphatic rings. The van der Waals surface area contributed by atoms with Crippen LogP contribution in [0.3, 0.4) is 0 Å². The molecule has 0 atom stereocenters. The minimum Gasteiger partial charge on any atom is -0.473 e. The molecule has 0 unspecified atom stereocenters. The fourth-order valence-corrected chi connectivity index (χ4v) is 3.81. The van der Waals surface area contributed by atoms with Gasteiger partial charge in [-0.25, -0.2) is 4.79 Å².